The van der Waals surface area contributed by atoms with Gasteiger partial charge in [0.05, 0.1) is 4.34 Å². The summed E-state index contributed by atoms with van der Waals surface area (Å²) in [6.45, 7) is 0.548. The normalized spacial score (nSPS) is 13.9. The Labute approximate surface area is 136 Å². The lowest BCUT2D eigenvalue weighted by molar-refractivity contribution is 0.0837. The van der Waals surface area contributed by atoms with Crippen LogP contribution in [-0.4, -0.2) is 26.4 Å². The summed E-state index contributed by atoms with van der Waals surface area (Å²) in [7, 11) is 1.60. The molecule has 5 nitrogen and oxygen atoms in total. The van der Waals surface area contributed by atoms with Crippen molar-refractivity contribution in [2.45, 2.75) is 6.10 Å². The van der Waals surface area contributed by atoms with Gasteiger partial charge in [-0.15, -0.1) is 11.3 Å². The van der Waals surface area contributed by atoms with Crippen molar-refractivity contribution in [1.82, 2.24) is 5.32 Å². The average molecular weight is 340 g/mol. The molecule has 0 radical (unpaired) electrons. The van der Waals surface area contributed by atoms with Crippen LogP contribution in [0.3, 0.4) is 0 Å². The van der Waals surface area contributed by atoms with E-state index in [-0.39, 0.29) is 18.8 Å². The monoisotopic (exact) mass is 339 g/mol. The van der Waals surface area contributed by atoms with Gasteiger partial charge in [-0.2, -0.15) is 0 Å². The molecule has 3 rings (SSSR count). The molecule has 22 heavy (non-hydrogen) atoms. The first kappa shape index (κ1) is 15.1. The highest BCUT2D eigenvalue weighted by atomic mass is 35.5. The van der Waals surface area contributed by atoms with E-state index in [1.807, 2.05) is 12.1 Å². The fourth-order valence-electron chi connectivity index (χ4n) is 2.13. The van der Waals surface area contributed by atoms with Crippen LogP contribution in [-0.2, 0) is 4.74 Å². The van der Waals surface area contributed by atoms with Crippen LogP contribution >= 0.6 is 22.9 Å². The van der Waals surface area contributed by atoms with E-state index >= 15 is 0 Å². The lowest BCUT2D eigenvalue weighted by Gasteiger charge is -2.14. The zero-order chi connectivity index (χ0) is 15.5. The van der Waals surface area contributed by atoms with Crippen molar-refractivity contribution in [2.24, 2.45) is 0 Å². The molecule has 1 aromatic heterocycles. The minimum Gasteiger partial charge on any atom is -0.454 e. The average Bonchev–Trinajstić information content (AvgIpc) is 3.15. The first-order valence-corrected chi connectivity index (χ1v) is 7.82. The van der Waals surface area contributed by atoms with Gasteiger partial charge in [0.15, 0.2) is 11.5 Å². The molecule has 1 aliphatic heterocycles. The van der Waals surface area contributed by atoms with Crippen LogP contribution in [0.25, 0.3) is 0 Å². The molecule has 0 bridgehead atoms. The van der Waals surface area contributed by atoms with Crippen molar-refractivity contribution in [1.29, 1.82) is 0 Å². The predicted molar refractivity (Wildman–Crippen MR) is 84.0 cm³/mol. The van der Waals surface area contributed by atoms with Crippen LogP contribution in [0.4, 0.5) is 0 Å². The number of thiophene rings is 1. The van der Waals surface area contributed by atoms with Crippen LogP contribution in [0.5, 0.6) is 11.5 Å². The third-order valence-electron chi connectivity index (χ3n) is 3.28. The van der Waals surface area contributed by atoms with Gasteiger partial charge in [0.1, 0.15) is 6.10 Å². The van der Waals surface area contributed by atoms with Crippen molar-refractivity contribution in [3.05, 3.63) is 45.1 Å². The molecule has 1 N–H and O–H groups in total. The SMILES string of the molecule is COC(CNC(=O)c1ccc2c(c1)OCO2)c1ccc(Cl)s1. The fourth-order valence-corrected chi connectivity index (χ4v) is 3.27. The second-order valence-corrected chi connectivity index (χ2v) is 6.39. The second-order valence-electron chi connectivity index (χ2n) is 4.64. The zero-order valence-corrected chi connectivity index (χ0v) is 13.4. The second kappa shape index (κ2) is 6.56. The van der Waals surface area contributed by atoms with E-state index in [4.69, 9.17) is 25.8 Å². The quantitative estimate of drug-likeness (QED) is 0.908. The van der Waals surface area contributed by atoms with Gasteiger partial charge in [-0.3, -0.25) is 4.79 Å². The van der Waals surface area contributed by atoms with Gasteiger partial charge in [-0.05, 0) is 30.3 Å². The van der Waals surface area contributed by atoms with Crippen LogP contribution in [0.2, 0.25) is 4.34 Å². The van der Waals surface area contributed by atoms with Gasteiger partial charge in [0.2, 0.25) is 6.79 Å². The van der Waals surface area contributed by atoms with Crippen molar-refractivity contribution < 1.29 is 19.0 Å². The van der Waals surface area contributed by atoms with E-state index in [0.29, 0.717) is 27.9 Å². The highest BCUT2D eigenvalue weighted by Crippen LogP contribution is 2.32. The molecule has 1 atom stereocenters. The molecule has 1 aromatic carbocycles. The van der Waals surface area contributed by atoms with E-state index in [1.54, 1.807) is 25.3 Å². The topological polar surface area (TPSA) is 56.8 Å². The maximum atomic E-state index is 12.2. The molecule has 2 heterocycles. The molecule has 0 saturated carbocycles. The van der Waals surface area contributed by atoms with E-state index in [2.05, 4.69) is 5.32 Å². The Morgan fingerprint density at radius 2 is 2.18 bits per heavy atom. The fraction of sp³-hybridized carbons (Fsp3) is 0.267. The maximum Gasteiger partial charge on any atom is 0.251 e. The molecular weight excluding hydrogens is 326 g/mol. The number of benzene rings is 1. The number of nitrogens with one attached hydrogen (secondary N) is 1. The Kier molecular flexibility index (Phi) is 4.52. The van der Waals surface area contributed by atoms with E-state index in [9.17, 15) is 4.79 Å². The lowest BCUT2D eigenvalue weighted by Crippen LogP contribution is -2.28. The first-order chi connectivity index (χ1) is 10.7. The third kappa shape index (κ3) is 3.19. The smallest absolute Gasteiger partial charge is 0.251 e. The largest absolute Gasteiger partial charge is 0.454 e. The van der Waals surface area contributed by atoms with Crippen molar-refractivity contribution in [3.8, 4) is 11.5 Å². The summed E-state index contributed by atoms with van der Waals surface area (Å²) in [4.78, 5) is 13.2. The van der Waals surface area contributed by atoms with E-state index in [1.165, 1.54) is 11.3 Å². The maximum absolute atomic E-state index is 12.2. The molecular formula is C15H14ClNO4S. The number of rotatable bonds is 5. The molecule has 1 amide bonds. The van der Waals surface area contributed by atoms with E-state index < -0.39 is 0 Å². The molecule has 1 aliphatic rings. The number of methoxy groups -OCH3 is 1. The Bertz CT molecular complexity index is 688. The van der Waals surface area contributed by atoms with Gasteiger partial charge in [-0.1, -0.05) is 11.6 Å². The van der Waals surface area contributed by atoms with Crippen molar-refractivity contribution >= 4 is 28.8 Å². The van der Waals surface area contributed by atoms with Crippen LogP contribution in [0.1, 0.15) is 21.3 Å². The number of hydrogen-bond acceptors (Lipinski definition) is 5. The molecule has 1 unspecified atom stereocenters. The summed E-state index contributed by atoms with van der Waals surface area (Å²) >= 11 is 7.36. The predicted octanol–water partition coefficient (Wildman–Crippen LogP) is 3.25. The Morgan fingerprint density at radius 1 is 1.36 bits per heavy atom. The number of amides is 1. The Morgan fingerprint density at radius 3 is 2.91 bits per heavy atom. The molecule has 0 saturated heterocycles. The number of carbonyl (C=O) groups excluding carboxylic acids is 1. The lowest BCUT2D eigenvalue weighted by atomic mass is 10.2. The molecule has 2 aromatic rings. The summed E-state index contributed by atoms with van der Waals surface area (Å²) in [5.41, 5.74) is 0.517. The Hall–Kier alpha value is -1.76. The number of fused-ring (bicyclic) bond motifs is 1. The number of carbonyl (C=O) groups is 1. The first-order valence-electron chi connectivity index (χ1n) is 6.63. The molecule has 0 aliphatic carbocycles. The standard InChI is InChI=1S/C15H14ClNO4S/c1-19-12(13-4-5-14(16)22-13)7-17-15(18)9-2-3-10-11(6-9)21-8-20-10/h2-6,12H,7-8H2,1H3,(H,17,18). The summed E-state index contributed by atoms with van der Waals surface area (Å²) < 4.78 is 16.6. The molecule has 0 spiro atoms. The van der Waals surface area contributed by atoms with Gasteiger partial charge in [0.25, 0.3) is 5.91 Å². The number of ether oxygens (including phenoxy) is 3. The van der Waals surface area contributed by atoms with Gasteiger partial charge >= 0.3 is 0 Å². The minimum absolute atomic E-state index is 0.186. The number of hydrogen-bond donors (Lipinski definition) is 1. The van der Waals surface area contributed by atoms with Gasteiger partial charge < -0.3 is 19.5 Å². The van der Waals surface area contributed by atoms with E-state index in [0.717, 1.165) is 4.88 Å². The highest BCUT2D eigenvalue weighted by molar-refractivity contribution is 7.16. The van der Waals surface area contributed by atoms with Crippen LogP contribution < -0.4 is 14.8 Å². The number of halogens is 1. The molecule has 7 heteroatoms. The van der Waals surface area contributed by atoms with Crippen LogP contribution in [0, 0.1) is 0 Å². The summed E-state index contributed by atoms with van der Waals surface area (Å²) in [5, 5.41) is 2.85. The molecule has 0 fully saturated rings. The third-order valence-corrected chi connectivity index (χ3v) is 4.60. The minimum atomic E-state index is -0.226. The summed E-state index contributed by atoms with van der Waals surface area (Å²) in [6.07, 6.45) is -0.226. The van der Waals surface area contributed by atoms with Crippen LogP contribution in [0.15, 0.2) is 30.3 Å². The highest BCUT2D eigenvalue weighted by Gasteiger charge is 2.18. The molecule has 116 valence electrons. The summed E-state index contributed by atoms with van der Waals surface area (Å²) in [5.74, 6) is 1.04. The van der Waals surface area contributed by atoms with Crippen molar-refractivity contribution in [2.75, 3.05) is 20.4 Å². The van der Waals surface area contributed by atoms with Gasteiger partial charge in [0, 0.05) is 24.1 Å². The zero-order valence-electron chi connectivity index (χ0n) is 11.8. The Balaban J connectivity index is 1.64. The summed E-state index contributed by atoms with van der Waals surface area (Å²) in [6, 6.07) is 8.80. The van der Waals surface area contributed by atoms with Crippen molar-refractivity contribution in [3.63, 3.8) is 0 Å². The van der Waals surface area contributed by atoms with Gasteiger partial charge in [-0.25, -0.2) is 0 Å².